The van der Waals surface area contributed by atoms with Crippen molar-refractivity contribution in [2.75, 3.05) is 13.6 Å². The van der Waals surface area contributed by atoms with Crippen molar-refractivity contribution in [3.05, 3.63) is 71.3 Å². The average molecular weight is 291 g/mol. The van der Waals surface area contributed by atoms with Gasteiger partial charge in [0.1, 0.15) is 11.6 Å². The normalized spacial score (nSPS) is 12.6. The van der Waals surface area contributed by atoms with Crippen LogP contribution in [0.15, 0.2) is 48.5 Å². The molecule has 0 bridgehead atoms. The standard InChI is InChI=1S/C17H19F2NO/c1-20(12-13-5-4-6-14(18)11-13)10-9-17(21)15-7-2-3-8-16(15)19/h2-8,11,17,21H,9-10,12H2,1H3. The second kappa shape index (κ2) is 7.29. The Balaban J connectivity index is 1.86. The SMILES string of the molecule is CN(CCC(O)c1ccccc1F)Cc1cccc(F)c1. The smallest absolute Gasteiger partial charge is 0.128 e. The molecule has 2 aromatic rings. The number of rotatable bonds is 6. The summed E-state index contributed by atoms with van der Waals surface area (Å²) in [6, 6.07) is 12.7. The Labute approximate surface area is 123 Å². The summed E-state index contributed by atoms with van der Waals surface area (Å²) in [5.74, 6) is -0.648. The van der Waals surface area contributed by atoms with E-state index in [0.29, 0.717) is 25.1 Å². The van der Waals surface area contributed by atoms with Gasteiger partial charge in [-0.15, -0.1) is 0 Å². The third kappa shape index (κ3) is 4.62. The Morgan fingerprint density at radius 3 is 2.57 bits per heavy atom. The van der Waals surface area contributed by atoms with E-state index in [0.717, 1.165) is 5.56 Å². The predicted molar refractivity (Wildman–Crippen MR) is 78.7 cm³/mol. The maximum atomic E-state index is 13.5. The Hall–Kier alpha value is -1.78. The van der Waals surface area contributed by atoms with Crippen molar-refractivity contribution >= 4 is 0 Å². The van der Waals surface area contributed by atoms with Gasteiger partial charge in [-0.3, -0.25) is 0 Å². The van der Waals surface area contributed by atoms with E-state index in [1.54, 1.807) is 24.3 Å². The van der Waals surface area contributed by atoms with Gasteiger partial charge in [-0.2, -0.15) is 0 Å². The highest BCUT2D eigenvalue weighted by Crippen LogP contribution is 2.20. The lowest BCUT2D eigenvalue weighted by Gasteiger charge is -2.19. The van der Waals surface area contributed by atoms with Gasteiger partial charge >= 0.3 is 0 Å². The molecule has 0 fully saturated rings. The zero-order chi connectivity index (χ0) is 15.2. The molecule has 2 nitrogen and oxygen atoms in total. The van der Waals surface area contributed by atoms with Crippen molar-refractivity contribution in [3.8, 4) is 0 Å². The second-order valence-electron chi connectivity index (χ2n) is 5.19. The molecular weight excluding hydrogens is 272 g/mol. The number of hydrogen-bond donors (Lipinski definition) is 1. The van der Waals surface area contributed by atoms with Gasteiger partial charge in [-0.1, -0.05) is 30.3 Å². The second-order valence-corrected chi connectivity index (χ2v) is 5.19. The van der Waals surface area contributed by atoms with E-state index < -0.39 is 11.9 Å². The fourth-order valence-electron chi connectivity index (χ4n) is 2.27. The van der Waals surface area contributed by atoms with Crippen LogP contribution in [0.1, 0.15) is 23.7 Å². The van der Waals surface area contributed by atoms with E-state index in [4.69, 9.17) is 0 Å². The summed E-state index contributed by atoms with van der Waals surface area (Å²) in [4.78, 5) is 1.97. The third-order valence-corrected chi connectivity index (χ3v) is 3.39. The van der Waals surface area contributed by atoms with Crippen LogP contribution < -0.4 is 0 Å². The Kier molecular flexibility index (Phi) is 5.42. The fourth-order valence-corrected chi connectivity index (χ4v) is 2.27. The summed E-state index contributed by atoms with van der Waals surface area (Å²) in [5.41, 5.74) is 1.19. The van der Waals surface area contributed by atoms with Crippen molar-refractivity contribution < 1.29 is 13.9 Å². The molecule has 1 unspecified atom stereocenters. The van der Waals surface area contributed by atoms with E-state index in [-0.39, 0.29) is 5.82 Å². The lowest BCUT2D eigenvalue weighted by molar-refractivity contribution is 0.144. The molecule has 0 aliphatic heterocycles. The molecule has 1 atom stereocenters. The molecule has 2 rings (SSSR count). The van der Waals surface area contributed by atoms with Crippen LogP contribution in [0, 0.1) is 11.6 Å². The molecule has 0 aromatic heterocycles. The summed E-state index contributed by atoms with van der Waals surface area (Å²) in [6.07, 6.45) is -0.409. The van der Waals surface area contributed by atoms with Crippen LogP contribution in [0.25, 0.3) is 0 Å². The van der Waals surface area contributed by atoms with Gasteiger partial charge in [0.2, 0.25) is 0 Å². The zero-order valence-corrected chi connectivity index (χ0v) is 12.0. The van der Waals surface area contributed by atoms with Crippen LogP contribution in [0.4, 0.5) is 8.78 Å². The minimum Gasteiger partial charge on any atom is -0.388 e. The quantitative estimate of drug-likeness (QED) is 0.880. The van der Waals surface area contributed by atoms with Crippen molar-refractivity contribution in [1.29, 1.82) is 0 Å². The van der Waals surface area contributed by atoms with Gasteiger partial charge in [0.05, 0.1) is 6.10 Å². The Morgan fingerprint density at radius 1 is 1.10 bits per heavy atom. The number of hydrogen-bond acceptors (Lipinski definition) is 2. The summed E-state index contributed by atoms with van der Waals surface area (Å²) < 4.78 is 26.6. The lowest BCUT2D eigenvalue weighted by atomic mass is 10.1. The van der Waals surface area contributed by atoms with E-state index in [1.807, 2.05) is 18.0 Å². The van der Waals surface area contributed by atoms with Gasteiger partial charge in [0, 0.05) is 18.7 Å². The lowest BCUT2D eigenvalue weighted by Crippen LogP contribution is -2.21. The van der Waals surface area contributed by atoms with Crippen LogP contribution >= 0.6 is 0 Å². The maximum absolute atomic E-state index is 13.5. The summed E-state index contributed by atoms with van der Waals surface area (Å²) in [7, 11) is 1.89. The largest absolute Gasteiger partial charge is 0.388 e. The molecule has 112 valence electrons. The van der Waals surface area contributed by atoms with Gasteiger partial charge in [0.15, 0.2) is 0 Å². The molecule has 0 aliphatic carbocycles. The van der Waals surface area contributed by atoms with Crippen LogP contribution in [-0.4, -0.2) is 23.6 Å². The monoisotopic (exact) mass is 291 g/mol. The molecule has 0 radical (unpaired) electrons. The fraction of sp³-hybridized carbons (Fsp3) is 0.294. The molecule has 0 amide bonds. The van der Waals surface area contributed by atoms with Crippen molar-refractivity contribution in [2.24, 2.45) is 0 Å². The van der Waals surface area contributed by atoms with Crippen molar-refractivity contribution in [3.63, 3.8) is 0 Å². The Bertz CT molecular complexity index is 589. The van der Waals surface area contributed by atoms with E-state index in [1.165, 1.54) is 18.2 Å². The maximum Gasteiger partial charge on any atom is 0.128 e. The molecule has 0 saturated heterocycles. The number of nitrogens with zero attached hydrogens (tertiary/aromatic N) is 1. The van der Waals surface area contributed by atoms with Gasteiger partial charge in [-0.25, -0.2) is 8.78 Å². The average Bonchev–Trinajstić information content (AvgIpc) is 2.45. The molecule has 0 spiro atoms. The molecule has 0 saturated carbocycles. The summed E-state index contributed by atoms with van der Waals surface area (Å²) in [5, 5.41) is 10.0. The van der Waals surface area contributed by atoms with Gasteiger partial charge < -0.3 is 10.0 Å². The van der Waals surface area contributed by atoms with Gasteiger partial charge in [-0.05, 0) is 37.2 Å². The first-order valence-electron chi connectivity index (χ1n) is 6.92. The highest BCUT2D eigenvalue weighted by molar-refractivity contribution is 5.20. The highest BCUT2D eigenvalue weighted by Gasteiger charge is 2.13. The molecule has 1 N–H and O–H groups in total. The number of benzene rings is 2. The van der Waals surface area contributed by atoms with Crippen molar-refractivity contribution in [2.45, 2.75) is 19.1 Å². The minimum atomic E-state index is -0.832. The van der Waals surface area contributed by atoms with Crippen LogP contribution in [0.2, 0.25) is 0 Å². The first kappa shape index (κ1) is 15.6. The minimum absolute atomic E-state index is 0.257. The first-order chi connectivity index (χ1) is 10.1. The van der Waals surface area contributed by atoms with Gasteiger partial charge in [0.25, 0.3) is 0 Å². The first-order valence-corrected chi connectivity index (χ1v) is 6.92. The Morgan fingerprint density at radius 2 is 1.86 bits per heavy atom. The molecule has 0 heterocycles. The van der Waals surface area contributed by atoms with E-state index in [2.05, 4.69) is 0 Å². The molecule has 21 heavy (non-hydrogen) atoms. The topological polar surface area (TPSA) is 23.5 Å². The number of aliphatic hydroxyl groups is 1. The van der Waals surface area contributed by atoms with Crippen molar-refractivity contribution in [1.82, 2.24) is 4.90 Å². The molecule has 0 aliphatic rings. The van der Waals surface area contributed by atoms with Crippen LogP contribution in [0.5, 0.6) is 0 Å². The number of aliphatic hydroxyl groups excluding tert-OH is 1. The van der Waals surface area contributed by atoms with Crippen LogP contribution in [0.3, 0.4) is 0 Å². The summed E-state index contributed by atoms with van der Waals surface area (Å²) >= 11 is 0. The molecule has 2 aromatic carbocycles. The van der Waals surface area contributed by atoms with Crippen LogP contribution in [-0.2, 0) is 6.54 Å². The zero-order valence-electron chi connectivity index (χ0n) is 12.0. The van der Waals surface area contributed by atoms with E-state index >= 15 is 0 Å². The highest BCUT2D eigenvalue weighted by atomic mass is 19.1. The molecular formula is C17H19F2NO. The summed E-state index contributed by atoms with van der Waals surface area (Å²) in [6.45, 7) is 1.17. The third-order valence-electron chi connectivity index (χ3n) is 3.39. The molecule has 4 heteroatoms. The number of halogens is 2. The van der Waals surface area contributed by atoms with E-state index in [9.17, 15) is 13.9 Å². The predicted octanol–water partition coefficient (Wildman–Crippen LogP) is 3.52.